The van der Waals surface area contributed by atoms with Crippen LogP contribution in [-0.4, -0.2) is 18.4 Å². The molecular weight excluding hydrogens is 434 g/mol. The van der Waals surface area contributed by atoms with Crippen molar-refractivity contribution in [3.05, 3.63) is 87.7 Å². The molecule has 0 bridgehead atoms. The second-order valence-corrected chi connectivity index (χ2v) is 7.47. The number of anilines is 2. The third-order valence-electron chi connectivity index (χ3n) is 5.11. The van der Waals surface area contributed by atoms with E-state index in [0.717, 1.165) is 18.2 Å². The Morgan fingerprint density at radius 3 is 2.42 bits per heavy atom. The molecule has 3 nitrogen and oxygen atoms in total. The molecule has 0 unspecified atom stereocenters. The second kappa shape index (κ2) is 7.81. The van der Waals surface area contributed by atoms with Gasteiger partial charge >= 0.3 is 6.18 Å². The summed E-state index contributed by atoms with van der Waals surface area (Å²) in [5.74, 6) is -1.43. The number of nitrogens with zero attached hydrogens (tertiary/aromatic N) is 1. The van der Waals surface area contributed by atoms with E-state index >= 15 is 0 Å². The molecule has 1 heterocycles. The number of alkyl halides is 3. The summed E-state index contributed by atoms with van der Waals surface area (Å²) in [7, 11) is 0. The van der Waals surface area contributed by atoms with Gasteiger partial charge in [0, 0.05) is 27.4 Å². The average Bonchev–Trinajstić information content (AvgIpc) is 3.01. The minimum absolute atomic E-state index is 0.0400. The lowest BCUT2D eigenvalue weighted by Crippen LogP contribution is -2.21. The fraction of sp³-hybridized carbons (Fsp3) is 0.130. The molecule has 0 aromatic heterocycles. The summed E-state index contributed by atoms with van der Waals surface area (Å²) in [6.07, 6.45) is -1.68. The topological polar surface area (TPSA) is 37.4 Å². The lowest BCUT2D eigenvalue weighted by atomic mass is 9.93. The van der Waals surface area contributed by atoms with Crippen molar-refractivity contribution >= 4 is 40.7 Å². The quantitative estimate of drug-likeness (QED) is 0.307. The van der Waals surface area contributed by atoms with Gasteiger partial charge in [-0.1, -0.05) is 23.7 Å². The van der Waals surface area contributed by atoms with E-state index in [9.17, 15) is 27.2 Å². The zero-order chi connectivity index (χ0) is 22.3. The molecule has 1 amide bonds. The van der Waals surface area contributed by atoms with Crippen LogP contribution in [0.2, 0.25) is 0 Å². The molecule has 1 aliphatic carbocycles. The zero-order valence-electron chi connectivity index (χ0n) is 15.8. The van der Waals surface area contributed by atoms with Crippen molar-refractivity contribution in [2.24, 2.45) is 0 Å². The van der Waals surface area contributed by atoms with Crippen LogP contribution in [0.4, 0.5) is 28.9 Å². The average molecular weight is 448 g/mol. The molecule has 0 saturated heterocycles. The fourth-order valence-electron chi connectivity index (χ4n) is 3.70. The van der Waals surface area contributed by atoms with Crippen molar-refractivity contribution in [1.82, 2.24) is 0 Å². The monoisotopic (exact) mass is 447 g/mol. The van der Waals surface area contributed by atoms with Crippen LogP contribution in [0.1, 0.15) is 28.8 Å². The number of halogens is 5. The molecule has 0 saturated carbocycles. The van der Waals surface area contributed by atoms with Gasteiger partial charge in [0.1, 0.15) is 12.1 Å². The van der Waals surface area contributed by atoms with Crippen LogP contribution >= 0.6 is 11.6 Å². The Kier molecular flexibility index (Phi) is 5.31. The van der Waals surface area contributed by atoms with Crippen molar-refractivity contribution in [3.63, 3.8) is 0 Å². The largest absolute Gasteiger partial charge is 0.416 e. The Hall–Kier alpha value is -3.19. The first-order valence-corrected chi connectivity index (χ1v) is 9.67. The van der Waals surface area contributed by atoms with Crippen molar-refractivity contribution in [3.8, 4) is 0 Å². The number of amides is 1. The minimum Gasteiger partial charge on any atom is -0.298 e. The fourth-order valence-corrected chi connectivity index (χ4v) is 3.96. The van der Waals surface area contributed by atoms with Crippen molar-refractivity contribution in [2.45, 2.75) is 19.0 Å². The molecule has 0 N–H and O–H groups in total. The summed E-state index contributed by atoms with van der Waals surface area (Å²) in [6, 6.07) is 10.0. The summed E-state index contributed by atoms with van der Waals surface area (Å²) in [4.78, 5) is 25.4. The van der Waals surface area contributed by atoms with E-state index in [1.807, 2.05) is 0 Å². The van der Waals surface area contributed by atoms with E-state index in [0.29, 0.717) is 17.5 Å². The number of carbonyl (C=O) groups excluding carboxylic acids is 2. The number of hydrogen-bond donors (Lipinski definition) is 0. The van der Waals surface area contributed by atoms with Gasteiger partial charge in [0.15, 0.2) is 0 Å². The number of hydrogen-bond acceptors (Lipinski definition) is 2. The highest BCUT2D eigenvalue weighted by molar-refractivity contribution is 6.36. The van der Waals surface area contributed by atoms with Gasteiger partial charge in [-0.05, 0) is 55.3 Å². The molecule has 2 aromatic rings. The summed E-state index contributed by atoms with van der Waals surface area (Å²) >= 11 is 6.11. The van der Waals surface area contributed by atoms with E-state index in [2.05, 4.69) is 0 Å². The van der Waals surface area contributed by atoms with Gasteiger partial charge in [0.25, 0.3) is 5.91 Å². The highest BCUT2D eigenvalue weighted by Crippen LogP contribution is 2.46. The van der Waals surface area contributed by atoms with Crippen LogP contribution in [0, 0.1) is 5.82 Å². The molecule has 31 heavy (non-hydrogen) atoms. The van der Waals surface area contributed by atoms with E-state index in [4.69, 9.17) is 11.6 Å². The van der Waals surface area contributed by atoms with Gasteiger partial charge in [-0.2, -0.15) is 13.2 Å². The molecule has 4 rings (SSSR count). The third-order valence-corrected chi connectivity index (χ3v) is 5.50. The Morgan fingerprint density at radius 1 is 1.06 bits per heavy atom. The van der Waals surface area contributed by atoms with Gasteiger partial charge in [-0.3, -0.25) is 14.5 Å². The van der Waals surface area contributed by atoms with Gasteiger partial charge < -0.3 is 0 Å². The number of aldehydes is 1. The second-order valence-electron chi connectivity index (χ2n) is 7.01. The maximum absolute atomic E-state index is 14.8. The SMILES string of the molecule is O=Cc1ccc(N2C(=O)/C(=C\C3=C(Cl)CCC=C3C(F)(F)F)c3c(F)cccc32)cc1. The number of fused-ring (bicyclic) bond motifs is 1. The zero-order valence-corrected chi connectivity index (χ0v) is 16.6. The predicted molar refractivity (Wildman–Crippen MR) is 110 cm³/mol. The predicted octanol–water partition coefficient (Wildman–Crippen LogP) is 6.48. The lowest BCUT2D eigenvalue weighted by Gasteiger charge is -2.19. The van der Waals surface area contributed by atoms with Crippen LogP contribution in [0.5, 0.6) is 0 Å². The summed E-state index contributed by atoms with van der Waals surface area (Å²) in [5.41, 5.74) is -0.688. The molecule has 2 aromatic carbocycles. The molecule has 0 fully saturated rings. The van der Waals surface area contributed by atoms with Gasteiger partial charge in [0.2, 0.25) is 0 Å². The number of carbonyl (C=O) groups is 2. The first-order valence-electron chi connectivity index (χ1n) is 9.29. The Balaban J connectivity index is 1.89. The first kappa shape index (κ1) is 21.1. The maximum Gasteiger partial charge on any atom is 0.416 e. The number of benzene rings is 2. The molecule has 8 heteroatoms. The van der Waals surface area contributed by atoms with E-state index < -0.39 is 23.5 Å². The van der Waals surface area contributed by atoms with Crippen LogP contribution in [-0.2, 0) is 4.79 Å². The molecule has 158 valence electrons. The van der Waals surface area contributed by atoms with Crippen molar-refractivity contribution in [2.75, 3.05) is 4.90 Å². The molecule has 1 aliphatic heterocycles. The van der Waals surface area contributed by atoms with Gasteiger partial charge in [-0.15, -0.1) is 0 Å². The van der Waals surface area contributed by atoms with E-state index in [1.54, 1.807) is 0 Å². The Labute approximate surface area is 179 Å². The highest BCUT2D eigenvalue weighted by Gasteiger charge is 2.40. The molecule has 0 radical (unpaired) electrons. The van der Waals surface area contributed by atoms with Crippen LogP contribution in [0.15, 0.2) is 70.8 Å². The highest BCUT2D eigenvalue weighted by atomic mass is 35.5. The normalized spacial score (nSPS) is 17.8. The van der Waals surface area contributed by atoms with E-state index in [1.165, 1.54) is 41.3 Å². The van der Waals surface area contributed by atoms with Crippen LogP contribution in [0.3, 0.4) is 0 Å². The third kappa shape index (κ3) is 3.70. The van der Waals surface area contributed by atoms with Crippen molar-refractivity contribution in [1.29, 1.82) is 0 Å². The van der Waals surface area contributed by atoms with Crippen LogP contribution < -0.4 is 4.90 Å². The van der Waals surface area contributed by atoms with Gasteiger partial charge in [0.05, 0.1) is 16.8 Å². The number of rotatable bonds is 3. The summed E-state index contributed by atoms with van der Waals surface area (Å²) in [5, 5.41) is -0.0400. The van der Waals surface area contributed by atoms with Crippen molar-refractivity contribution < 1.29 is 27.2 Å². The molecular formula is C23H14ClF4NO2. The van der Waals surface area contributed by atoms with E-state index in [-0.39, 0.29) is 40.3 Å². The molecule has 0 atom stereocenters. The molecule has 2 aliphatic rings. The lowest BCUT2D eigenvalue weighted by molar-refractivity contribution is -0.112. The number of allylic oxidation sites excluding steroid dienone is 5. The standard InChI is InChI=1S/C23H14ClF4NO2/c24-18-4-1-3-17(23(26,27)28)15(18)11-16-21-19(25)5-2-6-20(21)29(22(16)31)14-9-7-13(12-30)8-10-14/h2-3,5-12H,1,4H2/b16-11-. The van der Waals surface area contributed by atoms with Crippen LogP contribution in [0.25, 0.3) is 5.57 Å². The minimum atomic E-state index is -4.67. The van der Waals surface area contributed by atoms with Gasteiger partial charge in [-0.25, -0.2) is 4.39 Å². The Morgan fingerprint density at radius 2 is 1.77 bits per heavy atom. The summed E-state index contributed by atoms with van der Waals surface area (Å²) < 4.78 is 55.4. The molecule has 0 spiro atoms. The summed E-state index contributed by atoms with van der Waals surface area (Å²) in [6.45, 7) is 0. The Bertz CT molecular complexity index is 1180. The first-order chi connectivity index (χ1) is 14.7. The maximum atomic E-state index is 14.8. The smallest absolute Gasteiger partial charge is 0.298 e.